The SMILES string of the molecule is Cn1cc(C(C)(O)CNC(=O)c2cccc(-c3ncn[nH]3)c2)cn1. The Morgan fingerprint density at radius 2 is 2.29 bits per heavy atom. The van der Waals surface area contributed by atoms with Crippen LogP contribution in [0.1, 0.15) is 22.8 Å². The van der Waals surface area contributed by atoms with E-state index in [-0.39, 0.29) is 12.5 Å². The van der Waals surface area contributed by atoms with Gasteiger partial charge in [-0.2, -0.15) is 10.2 Å². The van der Waals surface area contributed by atoms with E-state index in [1.165, 1.54) is 6.33 Å². The van der Waals surface area contributed by atoms with E-state index >= 15 is 0 Å². The molecule has 0 aliphatic carbocycles. The third-order valence-corrected chi connectivity index (χ3v) is 3.73. The van der Waals surface area contributed by atoms with Crippen molar-refractivity contribution >= 4 is 5.91 Å². The van der Waals surface area contributed by atoms with Crippen LogP contribution in [0, 0.1) is 0 Å². The lowest BCUT2D eigenvalue weighted by Crippen LogP contribution is -2.38. The molecule has 0 bridgehead atoms. The van der Waals surface area contributed by atoms with E-state index in [4.69, 9.17) is 0 Å². The molecule has 1 aromatic carbocycles. The molecule has 0 saturated heterocycles. The minimum absolute atomic E-state index is 0.0735. The summed E-state index contributed by atoms with van der Waals surface area (Å²) in [5, 5.41) is 23.8. The van der Waals surface area contributed by atoms with Crippen molar-refractivity contribution < 1.29 is 9.90 Å². The summed E-state index contributed by atoms with van der Waals surface area (Å²) in [4.78, 5) is 16.4. The quantitative estimate of drug-likeness (QED) is 0.644. The van der Waals surface area contributed by atoms with Crippen molar-refractivity contribution in [1.82, 2.24) is 30.3 Å². The number of amides is 1. The van der Waals surface area contributed by atoms with Gasteiger partial charge in [-0.25, -0.2) is 4.98 Å². The monoisotopic (exact) mass is 326 g/mol. The van der Waals surface area contributed by atoms with E-state index in [0.29, 0.717) is 17.0 Å². The van der Waals surface area contributed by atoms with Crippen LogP contribution in [0.4, 0.5) is 0 Å². The lowest BCUT2D eigenvalue weighted by molar-refractivity contribution is 0.0526. The molecule has 2 heterocycles. The van der Waals surface area contributed by atoms with Gasteiger partial charge in [0.05, 0.1) is 12.7 Å². The lowest BCUT2D eigenvalue weighted by atomic mass is 9.99. The van der Waals surface area contributed by atoms with Gasteiger partial charge >= 0.3 is 0 Å². The van der Waals surface area contributed by atoms with Crippen LogP contribution < -0.4 is 5.32 Å². The molecular formula is C16H18N6O2. The second kappa shape index (κ2) is 6.25. The summed E-state index contributed by atoms with van der Waals surface area (Å²) < 4.78 is 1.60. The molecule has 3 rings (SSSR count). The summed E-state index contributed by atoms with van der Waals surface area (Å²) >= 11 is 0. The molecule has 8 nitrogen and oxygen atoms in total. The van der Waals surface area contributed by atoms with E-state index in [2.05, 4.69) is 25.6 Å². The van der Waals surface area contributed by atoms with Gasteiger partial charge < -0.3 is 10.4 Å². The molecule has 1 amide bonds. The van der Waals surface area contributed by atoms with Crippen LogP contribution in [0.25, 0.3) is 11.4 Å². The van der Waals surface area contributed by atoms with Crippen LogP contribution in [0.15, 0.2) is 43.0 Å². The Kier molecular flexibility index (Phi) is 4.13. The number of aromatic nitrogens is 5. The average Bonchev–Trinajstić information content (AvgIpc) is 3.24. The number of hydrogen-bond acceptors (Lipinski definition) is 5. The van der Waals surface area contributed by atoms with Crippen LogP contribution >= 0.6 is 0 Å². The summed E-state index contributed by atoms with van der Waals surface area (Å²) in [6.45, 7) is 1.71. The first-order valence-corrected chi connectivity index (χ1v) is 7.41. The highest BCUT2D eigenvalue weighted by Gasteiger charge is 2.25. The first-order chi connectivity index (χ1) is 11.5. The summed E-state index contributed by atoms with van der Waals surface area (Å²) in [7, 11) is 1.77. The maximum absolute atomic E-state index is 12.4. The van der Waals surface area contributed by atoms with Crippen LogP contribution in [0.5, 0.6) is 0 Å². The number of nitrogens with zero attached hydrogens (tertiary/aromatic N) is 4. The van der Waals surface area contributed by atoms with Gasteiger partial charge in [0.2, 0.25) is 0 Å². The van der Waals surface area contributed by atoms with E-state index < -0.39 is 5.60 Å². The molecule has 3 aromatic rings. The number of benzene rings is 1. The van der Waals surface area contributed by atoms with Gasteiger partial charge in [0.15, 0.2) is 5.82 Å². The zero-order chi connectivity index (χ0) is 17.2. The first-order valence-electron chi connectivity index (χ1n) is 7.41. The van der Waals surface area contributed by atoms with Gasteiger partial charge in [-0.15, -0.1) is 0 Å². The average molecular weight is 326 g/mol. The minimum atomic E-state index is -1.20. The van der Waals surface area contributed by atoms with E-state index in [9.17, 15) is 9.90 Å². The number of nitrogens with one attached hydrogen (secondary N) is 2. The highest BCUT2D eigenvalue weighted by atomic mass is 16.3. The van der Waals surface area contributed by atoms with Gasteiger partial charge in [-0.3, -0.25) is 14.6 Å². The fourth-order valence-corrected chi connectivity index (χ4v) is 2.31. The standard InChI is InChI=1S/C16H18N6O2/c1-16(24,13-7-20-22(2)8-13)9-17-15(23)12-5-3-4-11(6-12)14-18-10-19-21-14/h3-8,10,24H,9H2,1-2H3,(H,17,23)(H,18,19,21). The lowest BCUT2D eigenvalue weighted by Gasteiger charge is -2.22. The Labute approximate surface area is 138 Å². The third-order valence-electron chi connectivity index (χ3n) is 3.73. The molecule has 1 atom stereocenters. The predicted molar refractivity (Wildman–Crippen MR) is 86.9 cm³/mol. The van der Waals surface area contributed by atoms with Crippen molar-refractivity contribution in [1.29, 1.82) is 0 Å². The molecule has 124 valence electrons. The fraction of sp³-hybridized carbons (Fsp3) is 0.250. The summed E-state index contributed by atoms with van der Waals surface area (Å²) in [5.74, 6) is 0.313. The van der Waals surface area contributed by atoms with Crippen LogP contribution in [-0.2, 0) is 12.6 Å². The van der Waals surface area contributed by atoms with Crippen LogP contribution in [0.2, 0.25) is 0 Å². The molecule has 24 heavy (non-hydrogen) atoms. The van der Waals surface area contributed by atoms with E-state index in [0.717, 1.165) is 5.56 Å². The number of H-pyrrole nitrogens is 1. The number of carbonyl (C=O) groups is 1. The molecule has 0 aliphatic rings. The number of aromatic amines is 1. The van der Waals surface area contributed by atoms with Crippen LogP contribution in [0.3, 0.4) is 0 Å². The van der Waals surface area contributed by atoms with Crippen molar-refractivity contribution in [3.8, 4) is 11.4 Å². The number of rotatable bonds is 5. The summed E-state index contributed by atoms with van der Waals surface area (Å²) in [5.41, 5.74) is 0.678. The molecule has 3 N–H and O–H groups in total. The maximum Gasteiger partial charge on any atom is 0.251 e. The molecular weight excluding hydrogens is 308 g/mol. The molecule has 1 unspecified atom stereocenters. The van der Waals surface area contributed by atoms with Gasteiger partial charge in [0, 0.05) is 29.9 Å². The molecule has 0 saturated carbocycles. The van der Waals surface area contributed by atoms with Crippen LogP contribution in [-0.4, -0.2) is 42.5 Å². The van der Waals surface area contributed by atoms with Crippen molar-refractivity contribution in [3.63, 3.8) is 0 Å². The van der Waals surface area contributed by atoms with Gasteiger partial charge in [0.1, 0.15) is 11.9 Å². The molecule has 0 spiro atoms. The first kappa shape index (κ1) is 15.9. The van der Waals surface area contributed by atoms with Crippen molar-refractivity contribution in [2.24, 2.45) is 7.05 Å². The second-order valence-electron chi connectivity index (χ2n) is 5.77. The zero-order valence-electron chi connectivity index (χ0n) is 13.4. The molecule has 0 fully saturated rings. The van der Waals surface area contributed by atoms with Gasteiger partial charge in [-0.1, -0.05) is 12.1 Å². The summed E-state index contributed by atoms with van der Waals surface area (Å²) in [6, 6.07) is 7.03. The minimum Gasteiger partial charge on any atom is -0.383 e. The topological polar surface area (TPSA) is 109 Å². The Hall–Kier alpha value is -3.00. The smallest absolute Gasteiger partial charge is 0.251 e. The number of carbonyl (C=O) groups excluding carboxylic acids is 1. The summed E-state index contributed by atoms with van der Waals surface area (Å²) in [6.07, 6.45) is 4.71. The molecule has 8 heteroatoms. The zero-order valence-corrected chi connectivity index (χ0v) is 13.4. The molecule has 0 radical (unpaired) electrons. The Morgan fingerprint density at radius 1 is 1.46 bits per heavy atom. The van der Waals surface area contributed by atoms with E-state index in [1.54, 1.807) is 49.2 Å². The largest absolute Gasteiger partial charge is 0.383 e. The predicted octanol–water partition coefficient (Wildman–Crippen LogP) is 0.843. The van der Waals surface area contributed by atoms with Crippen molar-refractivity contribution in [2.75, 3.05) is 6.54 Å². The van der Waals surface area contributed by atoms with Gasteiger partial charge in [-0.05, 0) is 19.1 Å². The Morgan fingerprint density at radius 3 is 2.96 bits per heavy atom. The fourth-order valence-electron chi connectivity index (χ4n) is 2.31. The van der Waals surface area contributed by atoms with Gasteiger partial charge in [0.25, 0.3) is 5.91 Å². The number of hydrogen-bond donors (Lipinski definition) is 3. The van der Waals surface area contributed by atoms with Crippen molar-refractivity contribution in [3.05, 3.63) is 54.1 Å². The molecule has 2 aromatic heterocycles. The van der Waals surface area contributed by atoms with Crippen molar-refractivity contribution in [2.45, 2.75) is 12.5 Å². The Bertz CT molecular complexity index is 838. The third kappa shape index (κ3) is 3.33. The number of aliphatic hydroxyl groups is 1. The second-order valence-corrected chi connectivity index (χ2v) is 5.77. The van der Waals surface area contributed by atoms with E-state index in [1.807, 2.05) is 6.07 Å². The number of aryl methyl sites for hydroxylation is 1. The Balaban J connectivity index is 1.70. The molecule has 0 aliphatic heterocycles. The highest BCUT2D eigenvalue weighted by molar-refractivity contribution is 5.95. The maximum atomic E-state index is 12.4. The normalized spacial score (nSPS) is 13.5. The highest BCUT2D eigenvalue weighted by Crippen LogP contribution is 2.19.